The Bertz CT molecular complexity index is 947. The number of Topliss-reactive ketones (excluding diaryl/α,β-unsaturated/α-hetero) is 1. The number of ether oxygens (including phenoxy) is 1. The number of piperidine rings is 1. The maximum absolute atomic E-state index is 12.9. The Hall–Kier alpha value is -2.79. The smallest absolute Gasteiger partial charge is 0.231 e. The minimum Gasteiger partial charge on any atom is -0.507 e. The van der Waals surface area contributed by atoms with Crippen LogP contribution in [0.4, 0.5) is 5.69 Å². The molecular formula is C24H28N2O3. The number of anilines is 1. The molecule has 152 valence electrons. The molecule has 2 aromatic carbocycles. The number of allylic oxidation sites excluding steroid dienone is 1. The van der Waals surface area contributed by atoms with Gasteiger partial charge in [0.25, 0.3) is 0 Å². The van der Waals surface area contributed by atoms with Crippen LogP contribution in [0, 0.1) is 0 Å². The highest BCUT2D eigenvalue weighted by Crippen LogP contribution is 2.40. The number of benzene rings is 2. The molecule has 0 aromatic heterocycles. The summed E-state index contributed by atoms with van der Waals surface area (Å²) < 4.78 is 6.00. The molecule has 1 atom stereocenters. The van der Waals surface area contributed by atoms with E-state index in [2.05, 4.69) is 11.8 Å². The van der Waals surface area contributed by atoms with Gasteiger partial charge in [-0.1, -0.05) is 18.6 Å². The molecule has 1 fully saturated rings. The highest BCUT2D eigenvalue weighted by atomic mass is 16.5. The van der Waals surface area contributed by atoms with Crippen LogP contribution in [0.15, 0.2) is 42.2 Å². The number of phenols is 1. The summed E-state index contributed by atoms with van der Waals surface area (Å²) in [5, 5.41) is 10.5. The molecule has 0 saturated carbocycles. The summed E-state index contributed by atoms with van der Waals surface area (Å²) >= 11 is 0. The topological polar surface area (TPSA) is 53.0 Å². The van der Waals surface area contributed by atoms with Gasteiger partial charge >= 0.3 is 0 Å². The van der Waals surface area contributed by atoms with Crippen LogP contribution in [0.2, 0.25) is 0 Å². The number of likely N-dealkylation sites (tertiary alicyclic amines) is 1. The zero-order valence-corrected chi connectivity index (χ0v) is 17.3. The first-order valence-corrected chi connectivity index (χ1v) is 10.2. The molecule has 2 aliphatic heterocycles. The van der Waals surface area contributed by atoms with Crippen molar-refractivity contribution in [3.05, 3.63) is 58.8 Å². The highest BCUT2D eigenvalue weighted by molar-refractivity contribution is 6.15. The fraction of sp³-hybridized carbons (Fsp3) is 0.375. The maximum Gasteiger partial charge on any atom is 0.231 e. The molecule has 0 aliphatic carbocycles. The number of rotatable bonds is 4. The Kier molecular flexibility index (Phi) is 5.33. The van der Waals surface area contributed by atoms with E-state index in [1.54, 1.807) is 18.2 Å². The van der Waals surface area contributed by atoms with Crippen molar-refractivity contribution in [2.45, 2.75) is 38.8 Å². The van der Waals surface area contributed by atoms with Gasteiger partial charge in [-0.3, -0.25) is 9.69 Å². The van der Waals surface area contributed by atoms with Crippen molar-refractivity contribution in [3.8, 4) is 11.5 Å². The number of aromatic hydroxyl groups is 1. The van der Waals surface area contributed by atoms with Gasteiger partial charge in [-0.15, -0.1) is 0 Å². The van der Waals surface area contributed by atoms with Crippen LogP contribution >= 0.6 is 0 Å². The standard InChI is InChI=1S/C24H28N2O3/c1-16-6-4-5-13-26(16)15-20-21(27)12-11-19-23(28)22(29-24(19)20)14-17-7-9-18(10-8-17)25(2)3/h7-12,14,16,27H,4-6,13,15H2,1-3H3/b22-14-. The summed E-state index contributed by atoms with van der Waals surface area (Å²) in [4.78, 5) is 17.3. The largest absolute Gasteiger partial charge is 0.507 e. The monoisotopic (exact) mass is 392 g/mol. The Balaban J connectivity index is 1.62. The molecule has 5 heteroatoms. The summed E-state index contributed by atoms with van der Waals surface area (Å²) in [5.41, 5.74) is 3.23. The summed E-state index contributed by atoms with van der Waals surface area (Å²) in [5.74, 6) is 0.857. The van der Waals surface area contributed by atoms with E-state index in [0.717, 1.165) is 30.6 Å². The lowest BCUT2D eigenvalue weighted by molar-refractivity contribution is 0.101. The molecule has 5 nitrogen and oxygen atoms in total. The fourth-order valence-corrected chi connectivity index (χ4v) is 4.07. The molecule has 0 bridgehead atoms. The quantitative estimate of drug-likeness (QED) is 0.779. The molecule has 4 rings (SSSR count). The average molecular weight is 392 g/mol. The Morgan fingerprint density at radius 1 is 1.17 bits per heavy atom. The van der Waals surface area contributed by atoms with Gasteiger partial charge in [0, 0.05) is 32.4 Å². The second-order valence-corrected chi connectivity index (χ2v) is 8.18. The van der Waals surface area contributed by atoms with Crippen molar-refractivity contribution in [1.29, 1.82) is 0 Å². The van der Waals surface area contributed by atoms with E-state index in [0.29, 0.717) is 35.2 Å². The van der Waals surface area contributed by atoms with Gasteiger partial charge in [0.1, 0.15) is 11.5 Å². The van der Waals surface area contributed by atoms with E-state index in [1.807, 2.05) is 43.3 Å². The Morgan fingerprint density at radius 2 is 1.93 bits per heavy atom. The van der Waals surface area contributed by atoms with Crippen molar-refractivity contribution in [2.75, 3.05) is 25.5 Å². The van der Waals surface area contributed by atoms with E-state index in [1.165, 1.54) is 6.42 Å². The van der Waals surface area contributed by atoms with Crippen LogP contribution in [-0.2, 0) is 6.54 Å². The van der Waals surface area contributed by atoms with Crippen LogP contribution in [0.5, 0.6) is 11.5 Å². The lowest BCUT2D eigenvalue weighted by Crippen LogP contribution is -2.36. The molecule has 29 heavy (non-hydrogen) atoms. The molecule has 1 unspecified atom stereocenters. The van der Waals surface area contributed by atoms with E-state index in [9.17, 15) is 9.90 Å². The number of nitrogens with zero attached hydrogens (tertiary/aromatic N) is 2. The van der Waals surface area contributed by atoms with Gasteiger partial charge in [0.15, 0.2) is 5.76 Å². The van der Waals surface area contributed by atoms with Crippen LogP contribution in [0.1, 0.15) is 47.7 Å². The van der Waals surface area contributed by atoms with Crippen molar-refractivity contribution >= 4 is 17.5 Å². The summed E-state index contributed by atoms with van der Waals surface area (Å²) in [7, 11) is 3.98. The number of hydrogen-bond donors (Lipinski definition) is 1. The minimum atomic E-state index is -0.135. The van der Waals surface area contributed by atoms with Gasteiger partial charge in [-0.25, -0.2) is 0 Å². The van der Waals surface area contributed by atoms with E-state index in [4.69, 9.17) is 4.74 Å². The van der Waals surface area contributed by atoms with Gasteiger partial charge in [-0.2, -0.15) is 0 Å². The SMILES string of the molecule is CC1CCCCN1Cc1c(O)ccc2c1O/C(=C\c1ccc(N(C)C)cc1)C2=O. The third kappa shape index (κ3) is 3.87. The Morgan fingerprint density at radius 3 is 2.62 bits per heavy atom. The lowest BCUT2D eigenvalue weighted by Gasteiger charge is -2.33. The molecule has 2 aromatic rings. The third-order valence-electron chi connectivity index (χ3n) is 5.93. The molecular weight excluding hydrogens is 364 g/mol. The number of fused-ring (bicyclic) bond motifs is 1. The lowest BCUT2D eigenvalue weighted by atomic mass is 10.0. The first-order chi connectivity index (χ1) is 13.9. The zero-order chi connectivity index (χ0) is 20.5. The summed E-state index contributed by atoms with van der Waals surface area (Å²) in [6.07, 6.45) is 5.33. The minimum absolute atomic E-state index is 0.135. The second kappa shape index (κ2) is 7.91. The summed E-state index contributed by atoms with van der Waals surface area (Å²) in [6, 6.07) is 11.7. The number of carbonyl (C=O) groups excluding carboxylic acids is 1. The molecule has 0 spiro atoms. The average Bonchev–Trinajstić information content (AvgIpc) is 3.02. The van der Waals surface area contributed by atoms with Gasteiger partial charge in [-0.05, 0) is 62.2 Å². The highest BCUT2D eigenvalue weighted by Gasteiger charge is 2.32. The first kappa shape index (κ1) is 19.5. The van der Waals surface area contributed by atoms with Crippen molar-refractivity contribution in [1.82, 2.24) is 4.90 Å². The predicted molar refractivity (Wildman–Crippen MR) is 116 cm³/mol. The van der Waals surface area contributed by atoms with Gasteiger partial charge < -0.3 is 14.7 Å². The van der Waals surface area contributed by atoms with Gasteiger partial charge in [0.2, 0.25) is 5.78 Å². The normalized spacial score (nSPS) is 20.6. The molecule has 2 aliphatic rings. The molecule has 0 radical (unpaired) electrons. The van der Waals surface area contributed by atoms with E-state index in [-0.39, 0.29) is 11.5 Å². The van der Waals surface area contributed by atoms with Crippen LogP contribution in [0.3, 0.4) is 0 Å². The number of hydrogen-bond acceptors (Lipinski definition) is 5. The van der Waals surface area contributed by atoms with Crippen LogP contribution < -0.4 is 9.64 Å². The zero-order valence-electron chi connectivity index (χ0n) is 17.3. The van der Waals surface area contributed by atoms with E-state index >= 15 is 0 Å². The predicted octanol–water partition coefficient (Wildman–Crippen LogP) is 4.45. The maximum atomic E-state index is 12.9. The Labute approximate surface area is 172 Å². The first-order valence-electron chi connectivity index (χ1n) is 10.2. The summed E-state index contributed by atoms with van der Waals surface area (Å²) in [6.45, 7) is 3.81. The molecule has 1 N–H and O–H groups in total. The molecule has 2 heterocycles. The van der Waals surface area contributed by atoms with Crippen molar-refractivity contribution < 1.29 is 14.6 Å². The third-order valence-corrected chi connectivity index (χ3v) is 5.93. The number of carbonyl (C=O) groups is 1. The van der Waals surface area contributed by atoms with Crippen molar-refractivity contribution in [3.63, 3.8) is 0 Å². The fourth-order valence-electron chi connectivity index (χ4n) is 4.07. The van der Waals surface area contributed by atoms with Crippen LogP contribution in [-0.4, -0.2) is 42.5 Å². The second-order valence-electron chi connectivity index (χ2n) is 8.18. The molecule has 0 amide bonds. The van der Waals surface area contributed by atoms with E-state index < -0.39 is 0 Å². The van der Waals surface area contributed by atoms with Crippen LogP contribution in [0.25, 0.3) is 6.08 Å². The molecule has 1 saturated heterocycles. The van der Waals surface area contributed by atoms with Crippen molar-refractivity contribution in [2.24, 2.45) is 0 Å². The number of phenolic OH excluding ortho intramolecular Hbond substituents is 1. The number of ketones is 1. The van der Waals surface area contributed by atoms with Gasteiger partial charge in [0.05, 0.1) is 11.1 Å².